The molecule has 0 heterocycles. The van der Waals surface area contributed by atoms with Gasteiger partial charge in [-0.15, -0.1) is 0 Å². The summed E-state index contributed by atoms with van der Waals surface area (Å²) >= 11 is 3.45. The monoisotopic (exact) mass is 327 g/mol. The van der Waals surface area contributed by atoms with Gasteiger partial charge in [0.15, 0.2) is 0 Å². The molecule has 3 nitrogen and oxygen atoms in total. The van der Waals surface area contributed by atoms with Gasteiger partial charge in [0.2, 0.25) is 0 Å². The highest BCUT2D eigenvalue weighted by molar-refractivity contribution is 9.10. The minimum atomic E-state index is 0.995. The molecule has 19 heavy (non-hydrogen) atoms. The summed E-state index contributed by atoms with van der Waals surface area (Å²) in [6.07, 6.45) is 1.21. The highest BCUT2D eigenvalue weighted by Gasteiger charge is 2.03. The first-order chi connectivity index (χ1) is 9.11. The predicted molar refractivity (Wildman–Crippen MR) is 87.9 cm³/mol. The van der Waals surface area contributed by atoms with Crippen LogP contribution in [0.2, 0.25) is 0 Å². The Morgan fingerprint density at radius 3 is 2.26 bits per heavy atom. The highest BCUT2D eigenvalue weighted by atomic mass is 79.9. The van der Waals surface area contributed by atoms with Crippen molar-refractivity contribution < 1.29 is 0 Å². The summed E-state index contributed by atoms with van der Waals surface area (Å²) in [5.41, 5.74) is 1.19. The molecule has 0 saturated carbocycles. The zero-order chi connectivity index (χ0) is 14.1. The zero-order valence-corrected chi connectivity index (χ0v) is 13.9. The molecule has 0 amide bonds. The van der Waals surface area contributed by atoms with Gasteiger partial charge in [-0.05, 0) is 51.3 Å². The maximum absolute atomic E-state index is 3.47. The molecular formula is C15H26BrN3. The Kier molecular flexibility index (Phi) is 8.10. The maximum Gasteiger partial charge on any atom is 0.0341 e. The lowest BCUT2D eigenvalue weighted by atomic mass is 10.3. The van der Waals surface area contributed by atoms with Crippen molar-refractivity contribution in [3.05, 3.63) is 28.7 Å². The minimum Gasteiger partial charge on any atom is -0.384 e. The molecule has 1 rings (SSSR count). The molecule has 0 aliphatic carbocycles. The van der Waals surface area contributed by atoms with Gasteiger partial charge in [0.25, 0.3) is 0 Å². The second-order valence-corrected chi connectivity index (χ2v) is 5.99. The quantitative estimate of drug-likeness (QED) is 0.751. The molecule has 0 bridgehead atoms. The van der Waals surface area contributed by atoms with E-state index in [9.17, 15) is 0 Å². The van der Waals surface area contributed by atoms with E-state index < -0.39 is 0 Å². The van der Waals surface area contributed by atoms with E-state index in [4.69, 9.17) is 0 Å². The van der Waals surface area contributed by atoms with Gasteiger partial charge in [0.1, 0.15) is 0 Å². The van der Waals surface area contributed by atoms with Gasteiger partial charge in [0, 0.05) is 36.3 Å². The lowest BCUT2D eigenvalue weighted by Gasteiger charge is -2.23. The lowest BCUT2D eigenvalue weighted by Crippen LogP contribution is -2.35. The summed E-state index contributed by atoms with van der Waals surface area (Å²) in [4.78, 5) is 4.76. The molecule has 0 unspecified atom stereocenters. The molecule has 1 aromatic carbocycles. The Bertz CT molecular complexity index is 338. The topological polar surface area (TPSA) is 18.5 Å². The van der Waals surface area contributed by atoms with E-state index in [1.54, 1.807) is 0 Å². The highest BCUT2D eigenvalue weighted by Crippen LogP contribution is 2.13. The van der Waals surface area contributed by atoms with Crippen molar-refractivity contribution in [1.82, 2.24) is 9.80 Å². The van der Waals surface area contributed by atoms with Crippen molar-refractivity contribution in [3.8, 4) is 0 Å². The molecule has 0 aliphatic heterocycles. The van der Waals surface area contributed by atoms with Crippen LogP contribution in [0.5, 0.6) is 0 Å². The second-order valence-electron chi connectivity index (χ2n) is 5.08. The van der Waals surface area contributed by atoms with Crippen molar-refractivity contribution in [2.24, 2.45) is 0 Å². The number of benzene rings is 1. The molecule has 0 aliphatic rings. The van der Waals surface area contributed by atoms with Gasteiger partial charge in [-0.1, -0.05) is 22.9 Å². The zero-order valence-electron chi connectivity index (χ0n) is 12.3. The van der Waals surface area contributed by atoms with Crippen LogP contribution in [0, 0.1) is 0 Å². The SMILES string of the molecule is CCCN(CCNc1ccc(Br)cc1)CCN(C)C. The van der Waals surface area contributed by atoms with Crippen LogP contribution in [0.15, 0.2) is 28.7 Å². The Balaban J connectivity index is 2.28. The molecule has 0 atom stereocenters. The number of likely N-dealkylation sites (N-methyl/N-ethyl adjacent to an activating group) is 1. The standard InChI is InChI=1S/C15H26BrN3/c1-4-10-19(13-12-18(2)3)11-9-17-15-7-5-14(16)6-8-15/h5-8,17H,4,9-13H2,1-3H3. The van der Waals surface area contributed by atoms with Crippen LogP contribution >= 0.6 is 15.9 Å². The minimum absolute atomic E-state index is 0.995. The fraction of sp³-hybridized carbons (Fsp3) is 0.600. The molecule has 1 N–H and O–H groups in total. The van der Waals surface area contributed by atoms with Crippen molar-refractivity contribution in [2.45, 2.75) is 13.3 Å². The van der Waals surface area contributed by atoms with Gasteiger partial charge >= 0.3 is 0 Å². The molecule has 0 radical (unpaired) electrons. The van der Waals surface area contributed by atoms with E-state index in [0.29, 0.717) is 0 Å². The maximum atomic E-state index is 3.47. The Morgan fingerprint density at radius 2 is 1.68 bits per heavy atom. The summed E-state index contributed by atoms with van der Waals surface area (Å²) in [5, 5.41) is 3.47. The van der Waals surface area contributed by atoms with E-state index in [1.165, 1.54) is 18.7 Å². The average molecular weight is 328 g/mol. The second kappa shape index (κ2) is 9.34. The number of anilines is 1. The lowest BCUT2D eigenvalue weighted by molar-refractivity contribution is 0.248. The van der Waals surface area contributed by atoms with Crippen LogP contribution in [-0.4, -0.2) is 56.6 Å². The average Bonchev–Trinajstić information content (AvgIpc) is 2.38. The Morgan fingerprint density at radius 1 is 1.00 bits per heavy atom. The van der Waals surface area contributed by atoms with Crippen LogP contribution in [-0.2, 0) is 0 Å². The molecule has 4 heteroatoms. The predicted octanol–water partition coefficient (Wildman–Crippen LogP) is 3.13. The third kappa shape index (κ3) is 7.55. The molecule has 0 fully saturated rings. The normalized spacial score (nSPS) is 11.3. The smallest absolute Gasteiger partial charge is 0.0341 e. The number of hydrogen-bond donors (Lipinski definition) is 1. The van der Waals surface area contributed by atoms with Crippen LogP contribution in [0.1, 0.15) is 13.3 Å². The van der Waals surface area contributed by atoms with Crippen molar-refractivity contribution in [2.75, 3.05) is 52.1 Å². The molecular weight excluding hydrogens is 302 g/mol. The Labute approximate surface area is 126 Å². The van der Waals surface area contributed by atoms with Crippen molar-refractivity contribution in [1.29, 1.82) is 0 Å². The van der Waals surface area contributed by atoms with Crippen molar-refractivity contribution >= 4 is 21.6 Å². The van der Waals surface area contributed by atoms with E-state index in [2.05, 4.69) is 76.3 Å². The number of hydrogen-bond acceptors (Lipinski definition) is 3. The number of halogens is 1. The number of rotatable bonds is 9. The third-order valence-electron chi connectivity index (χ3n) is 3.00. The first kappa shape index (κ1) is 16.5. The van der Waals surface area contributed by atoms with E-state index in [1.807, 2.05) is 0 Å². The summed E-state index contributed by atoms with van der Waals surface area (Å²) in [5.74, 6) is 0. The number of nitrogens with zero attached hydrogens (tertiary/aromatic N) is 2. The van der Waals surface area contributed by atoms with Crippen molar-refractivity contribution in [3.63, 3.8) is 0 Å². The molecule has 108 valence electrons. The molecule has 1 aromatic rings. The summed E-state index contributed by atoms with van der Waals surface area (Å²) < 4.78 is 1.12. The third-order valence-corrected chi connectivity index (χ3v) is 3.53. The Hall–Kier alpha value is -0.580. The van der Waals surface area contributed by atoms with E-state index >= 15 is 0 Å². The summed E-state index contributed by atoms with van der Waals surface area (Å²) in [6.45, 7) is 7.77. The van der Waals surface area contributed by atoms with Gasteiger partial charge in [-0.2, -0.15) is 0 Å². The van der Waals surface area contributed by atoms with Crippen LogP contribution in [0.3, 0.4) is 0 Å². The fourth-order valence-corrected chi connectivity index (χ4v) is 2.18. The van der Waals surface area contributed by atoms with Gasteiger partial charge in [-0.3, -0.25) is 0 Å². The van der Waals surface area contributed by atoms with E-state index in [-0.39, 0.29) is 0 Å². The van der Waals surface area contributed by atoms with Gasteiger partial charge < -0.3 is 15.1 Å². The van der Waals surface area contributed by atoms with Crippen LogP contribution in [0.25, 0.3) is 0 Å². The molecule has 0 aromatic heterocycles. The molecule has 0 spiro atoms. The van der Waals surface area contributed by atoms with Crippen LogP contribution < -0.4 is 5.32 Å². The largest absolute Gasteiger partial charge is 0.384 e. The first-order valence-corrected chi connectivity index (χ1v) is 7.77. The van der Waals surface area contributed by atoms with Crippen LogP contribution in [0.4, 0.5) is 5.69 Å². The molecule has 0 saturated heterocycles. The fourth-order valence-electron chi connectivity index (χ4n) is 1.92. The van der Waals surface area contributed by atoms with E-state index in [0.717, 1.165) is 30.7 Å². The summed E-state index contributed by atoms with van der Waals surface area (Å²) in [7, 11) is 4.26. The summed E-state index contributed by atoms with van der Waals surface area (Å²) in [6, 6.07) is 8.35. The van der Waals surface area contributed by atoms with Gasteiger partial charge in [0.05, 0.1) is 0 Å². The van der Waals surface area contributed by atoms with Gasteiger partial charge in [-0.25, -0.2) is 0 Å². The number of nitrogens with one attached hydrogen (secondary N) is 1. The first-order valence-electron chi connectivity index (χ1n) is 6.98.